The van der Waals surface area contributed by atoms with E-state index in [9.17, 15) is 0 Å². The fourth-order valence-electron chi connectivity index (χ4n) is 3.93. The van der Waals surface area contributed by atoms with Crippen molar-refractivity contribution >= 4 is 77.2 Å². The quantitative estimate of drug-likeness (QED) is 0.305. The van der Waals surface area contributed by atoms with E-state index >= 15 is 0 Å². The number of allylic oxidation sites excluding steroid dienone is 2. The fourth-order valence-corrected chi connectivity index (χ4v) is 8.67. The Morgan fingerprint density at radius 3 is 0.871 bits per heavy atom. The van der Waals surface area contributed by atoms with Gasteiger partial charge in [0.25, 0.3) is 0 Å². The normalized spacial score (nSPS) is 12.9. The zero-order valence-corrected chi connectivity index (χ0v) is 20.9. The van der Waals surface area contributed by atoms with E-state index in [1.165, 1.54) is 33.4 Å². The first kappa shape index (κ1) is 24.0. The molecule has 0 aromatic heterocycles. The number of hydrogen-bond donors (Lipinski definition) is 0. The fraction of sp³-hybridized carbons (Fsp3) is 0. The molecule has 1 aliphatic rings. The van der Waals surface area contributed by atoms with E-state index in [0.717, 1.165) is 0 Å². The molecular weight excluding hydrogens is 469 g/mol. The molecule has 1 aliphatic heterocycles. The average Bonchev–Trinajstić information content (AvgIpc) is 3.22. The molecule has 0 fully saturated rings. The van der Waals surface area contributed by atoms with Gasteiger partial charge in [0, 0.05) is 37.7 Å². The van der Waals surface area contributed by atoms with Gasteiger partial charge in [-0.3, -0.25) is 0 Å². The molecule has 0 amide bonds. The van der Waals surface area contributed by atoms with Gasteiger partial charge in [0.2, 0.25) is 0 Å². The Hall–Kier alpha value is -1.65. The predicted molar refractivity (Wildman–Crippen MR) is 137 cm³/mol. The molecule has 0 spiro atoms. The molecule has 0 aliphatic carbocycles. The first-order chi connectivity index (χ1) is 14.4. The van der Waals surface area contributed by atoms with E-state index in [-0.39, 0.29) is 37.7 Å². The van der Waals surface area contributed by atoms with Gasteiger partial charge < -0.3 is 0 Å². The molecule has 0 bridgehead atoms. The van der Waals surface area contributed by atoms with Gasteiger partial charge in [0.15, 0.2) is 0 Å². The van der Waals surface area contributed by atoms with Crippen molar-refractivity contribution in [1.29, 1.82) is 0 Å². The summed E-state index contributed by atoms with van der Waals surface area (Å²) in [5.74, 6) is 0. The Morgan fingerprint density at radius 1 is 0.323 bits per heavy atom. The van der Waals surface area contributed by atoms with Gasteiger partial charge in [0.05, 0.1) is 0 Å². The van der Waals surface area contributed by atoms with E-state index < -0.39 is 21.1 Å². The van der Waals surface area contributed by atoms with Gasteiger partial charge in [0.1, 0.15) is 0 Å². The van der Waals surface area contributed by atoms with Crippen molar-refractivity contribution in [2.24, 2.45) is 0 Å². The summed E-state index contributed by atoms with van der Waals surface area (Å²) in [4.78, 5) is 0. The van der Waals surface area contributed by atoms with Gasteiger partial charge in [-0.05, 0) is 0 Å². The van der Waals surface area contributed by atoms with Crippen LogP contribution in [0.4, 0.5) is 0 Å². The van der Waals surface area contributed by atoms with Gasteiger partial charge in [-0.2, -0.15) is 0 Å². The Balaban J connectivity index is 0.00000136. The third kappa shape index (κ3) is 5.06. The topological polar surface area (TPSA) is 0 Å². The molecule has 0 saturated carbocycles. The van der Waals surface area contributed by atoms with Crippen molar-refractivity contribution in [3.05, 3.63) is 144 Å². The van der Waals surface area contributed by atoms with Crippen LogP contribution < -0.4 is 0 Å². The van der Waals surface area contributed by atoms with Crippen LogP contribution in [0.15, 0.2) is 121 Å². The number of benzene rings is 4. The molecule has 0 nitrogen and oxygen atoms in total. The Labute approximate surface area is 219 Å². The van der Waals surface area contributed by atoms with Crippen LogP contribution in [0.1, 0.15) is 22.3 Å². The average molecular weight is 489 g/mol. The van der Waals surface area contributed by atoms with Gasteiger partial charge in [-0.25, -0.2) is 0 Å². The van der Waals surface area contributed by atoms with Crippen LogP contribution in [0.5, 0.6) is 0 Å². The Kier molecular flexibility index (Phi) is 8.74. The molecule has 4 aromatic carbocycles. The summed E-state index contributed by atoms with van der Waals surface area (Å²) in [6.45, 7) is 0. The van der Waals surface area contributed by atoms with E-state index in [4.69, 9.17) is 0 Å². The summed E-state index contributed by atoms with van der Waals surface area (Å²) in [7, 11) is 0. The van der Waals surface area contributed by atoms with Crippen molar-refractivity contribution in [2.75, 3.05) is 0 Å². The minimum atomic E-state index is -1.00. The zero-order valence-electron chi connectivity index (χ0n) is 18.0. The van der Waals surface area contributed by atoms with Crippen LogP contribution >= 0.6 is 0 Å². The third-order valence-corrected chi connectivity index (χ3v) is 9.75. The summed E-state index contributed by atoms with van der Waals surface area (Å²) in [5.41, 5.74) is 8.23. The predicted octanol–water partition coefficient (Wildman–Crippen LogP) is 6.08. The molecule has 0 unspecified atom stereocenters. The monoisotopic (exact) mass is 490 g/mol. The van der Waals surface area contributed by atoms with Crippen molar-refractivity contribution in [2.45, 2.75) is 0 Å². The first-order valence-corrected chi connectivity index (χ1v) is 12.7. The van der Waals surface area contributed by atoms with E-state index in [0.29, 0.717) is 0 Å². The van der Waals surface area contributed by atoms with Crippen molar-refractivity contribution in [3.8, 4) is 0 Å². The minimum absolute atomic E-state index is 0. The molecule has 0 N–H and O–H groups in total. The van der Waals surface area contributed by atoms with Crippen molar-refractivity contribution in [1.82, 2.24) is 0 Å². The number of rotatable bonds is 4. The summed E-state index contributed by atoms with van der Waals surface area (Å²) < 4.78 is 3.14. The molecule has 138 valence electrons. The van der Waals surface area contributed by atoms with E-state index in [1.54, 1.807) is 7.18 Å². The molecule has 3 heteroatoms. The molecule has 31 heavy (non-hydrogen) atoms. The summed E-state index contributed by atoms with van der Waals surface area (Å²) in [6, 6.07) is 43.8. The van der Waals surface area contributed by atoms with E-state index in [2.05, 4.69) is 121 Å². The molecule has 0 atom stereocenters. The summed E-state index contributed by atoms with van der Waals surface area (Å²) >= 11 is -1.00. The van der Waals surface area contributed by atoms with Crippen LogP contribution in [0.3, 0.4) is 0 Å². The van der Waals surface area contributed by atoms with Crippen molar-refractivity contribution < 1.29 is 0 Å². The number of hydrogen-bond acceptors (Lipinski definition) is 0. The zero-order chi connectivity index (χ0) is 19.5. The Bertz CT molecular complexity index is 1090. The summed E-state index contributed by atoms with van der Waals surface area (Å²) in [6.07, 6.45) is 0. The molecule has 5 rings (SSSR count). The molecule has 4 radical (unpaired) electrons. The third-order valence-electron chi connectivity index (χ3n) is 5.25. The van der Waals surface area contributed by atoms with Crippen LogP contribution in [0, 0.1) is 0 Å². The molecular formula is C28H20Li2Sn. The van der Waals surface area contributed by atoms with E-state index in [1.807, 2.05) is 0 Å². The maximum atomic E-state index is 2.27. The van der Waals surface area contributed by atoms with Gasteiger partial charge >= 0.3 is 183 Å². The maximum absolute atomic E-state index is 2.27. The van der Waals surface area contributed by atoms with Gasteiger partial charge in [-0.15, -0.1) is 0 Å². The summed E-state index contributed by atoms with van der Waals surface area (Å²) in [5, 5.41) is 0. The SMILES string of the molecule is [Li].[Li].c1ccc([C]2=C(c3ccccc3)C(c3ccccc3)=[C](c3ccccc3)[Sn]2)cc1. The second-order valence-corrected chi connectivity index (χ2v) is 10.7. The molecule has 1 heterocycles. The molecule has 4 aromatic rings. The van der Waals surface area contributed by atoms with Crippen LogP contribution in [-0.4, -0.2) is 58.9 Å². The van der Waals surface area contributed by atoms with Gasteiger partial charge in [-0.1, -0.05) is 0 Å². The second kappa shape index (κ2) is 11.3. The van der Waals surface area contributed by atoms with Crippen LogP contribution in [0.2, 0.25) is 0 Å². The van der Waals surface area contributed by atoms with Crippen LogP contribution in [0.25, 0.3) is 18.3 Å². The van der Waals surface area contributed by atoms with Crippen molar-refractivity contribution in [3.63, 3.8) is 0 Å². The first-order valence-electron chi connectivity index (χ1n) is 9.89. The second-order valence-electron chi connectivity index (χ2n) is 7.09. The Morgan fingerprint density at radius 2 is 0.581 bits per heavy atom. The molecule has 0 saturated heterocycles. The van der Waals surface area contributed by atoms with Crippen LogP contribution in [-0.2, 0) is 0 Å². The standard InChI is InChI=1S/C28H20.2Li.Sn/c1-5-13-23(14-6-1)21-27(25-17-9-3-10-18-25)28(26-19-11-4-12-20-26)22-24-15-7-2-8-16-24;;;/h1-20H;;;.